The van der Waals surface area contributed by atoms with E-state index in [0.29, 0.717) is 11.4 Å². The third kappa shape index (κ3) is 6.36. The summed E-state index contributed by atoms with van der Waals surface area (Å²) in [5.41, 5.74) is 17.6. The van der Waals surface area contributed by atoms with Crippen LogP contribution in [0.4, 0.5) is 11.4 Å². The molecule has 0 saturated carbocycles. The first-order valence-electron chi connectivity index (χ1n) is 7.79. The SMILES string of the molecule is Cc1ccc2cc([NH-])ccc2c1Oc1cccc2cc([NH-])ccc12.[Y].[Y].[Y].[Y]. The topological polar surface area (TPSA) is 56.8 Å². The van der Waals surface area contributed by atoms with Crippen LogP contribution in [0.15, 0.2) is 66.7 Å². The minimum absolute atomic E-state index is 0. The Kier molecular flexibility index (Phi) is 13.5. The third-order valence-corrected chi connectivity index (χ3v) is 4.22. The van der Waals surface area contributed by atoms with Crippen molar-refractivity contribution < 1.29 is 136 Å². The van der Waals surface area contributed by atoms with E-state index in [1.807, 2.05) is 61.5 Å². The van der Waals surface area contributed by atoms with E-state index in [9.17, 15) is 0 Å². The fourth-order valence-corrected chi connectivity index (χ4v) is 3.00. The van der Waals surface area contributed by atoms with Crippen LogP contribution >= 0.6 is 0 Å². The van der Waals surface area contributed by atoms with E-state index in [1.165, 1.54) is 0 Å². The maximum atomic E-state index is 7.79. The minimum atomic E-state index is 0. The average Bonchev–Trinajstić information content (AvgIpc) is 2.57. The average molecular weight is 668 g/mol. The zero-order valence-electron chi connectivity index (χ0n) is 15.6. The molecule has 0 unspecified atom stereocenters. The molecule has 4 aromatic carbocycles. The van der Waals surface area contributed by atoms with Gasteiger partial charge in [0.25, 0.3) is 0 Å². The summed E-state index contributed by atoms with van der Waals surface area (Å²) in [5, 5.41) is 3.98. The standard InChI is InChI=1S/C21H16N2O.4Y/c1-13-5-6-15-12-17(23)8-10-19(15)21(13)24-20-4-2-3-14-11-16(22)7-9-18(14)20;;;;/h2-12,22-23H,1H3;;;;/q-2;;;;. The number of aryl methyl sites for hydroxylation is 1. The minimum Gasteiger partial charge on any atom is -0.699 e. The van der Waals surface area contributed by atoms with E-state index in [4.69, 9.17) is 16.2 Å². The molecule has 4 radical (unpaired) electrons. The van der Waals surface area contributed by atoms with Gasteiger partial charge >= 0.3 is 0 Å². The summed E-state index contributed by atoms with van der Waals surface area (Å²) < 4.78 is 6.29. The quantitative estimate of drug-likeness (QED) is 0.219. The Morgan fingerprint density at radius 1 is 0.643 bits per heavy atom. The van der Waals surface area contributed by atoms with Crippen LogP contribution in [-0.2, 0) is 131 Å². The second-order valence-electron chi connectivity index (χ2n) is 5.94. The Hall–Kier alpha value is 1.22. The maximum absolute atomic E-state index is 7.79. The molecule has 0 fully saturated rings. The smallest absolute Gasteiger partial charge is 0.138 e. The van der Waals surface area contributed by atoms with E-state index in [0.717, 1.165) is 38.6 Å². The summed E-state index contributed by atoms with van der Waals surface area (Å²) in [7, 11) is 0. The molecule has 4 rings (SSSR count). The number of fused-ring (bicyclic) bond motifs is 2. The zero-order valence-corrected chi connectivity index (χ0v) is 26.9. The molecule has 0 atom stereocenters. The molecular weight excluding hydrogens is 652 g/mol. The Balaban J connectivity index is 0.00000182. The summed E-state index contributed by atoms with van der Waals surface area (Å²) in [6.45, 7) is 2.02. The van der Waals surface area contributed by atoms with Crippen LogP contribution in [0.5, 0.6) is 11.5 Å². The molecule has 0 heterocycles. The predicted molar refractivity (Wildman–Crippen MR) is 101 cm³/mol. The van der Waals surface area contributed by atoms with Crippen LogP contribution < -0.4 is 4.74 Å². The normalized spacial score (nSPS) is 9.46. The van der Waals surface area contributed by atoms with Gasteiger partial charge in [0.05, 0.1) is 0 Å². The monoisotopic (exact) mass is 668 g/mol. The fraction of sp³-hybridized carbons (Fsp3) is 0.0476. The van der Waals surface area contributed by atoms with Crippen LogP contribution in [0, 0.1) is 6.92 Å². The van der Waals surface area contributed by atoms with Crippen LogP contribution in [0.1, 0.15) is 5.56 Å². The Morgan fingerprint density at radius 3 is 1.86 bits per heavy atom. The molecule has 7 heteroatoms. The van der Waals surface area contributed by atoms with Gasteiger partial charge in [0.2, 0.25) is 0 Å². The molecule has 3 nitrogen and oxygen atoms in total. The van der Waals surface area contributed by atoms with Crippen molar-refractivity contribution >= 4 is 32.9 Å². The molecule has 0 amide bonds. The fourth-order valence-electron chi connectivity index (χ4n) is 3.00. The number of nitrogens with one attached hydrogen (secondary N) is 2. The Labute approximate surface area is 266 Å². The van der Waals surface area contributed by atoms with Gasteiger partial charge < -0.3 is 16.2 Å². The van der Waals surface area contributed by atoms with Gasteiger partial charge in [-0.3, -0.25) is 0 Å². The van der Waals surface area contributed by atoms with Gasteiger partial charge in [-0.1, -0.05) is 60.7 Å². The van der Waals surface area contributed by atoms with Crippen molar-refractivity contribution in [2.75, 3.05) is 0 Å². The molecular formula is C21H16N2OY4-2. The first-order valence-corrected chi connectivity index (χ1v) is 7.79. The summed E-state index contributed by atoms with van der Waals surface area (Å²) in [4.78, 5) is 0. The molecule has 0 spiro atoms. The first-order chi connectivity index (χ1) is 11.6. The molecule has 0 aliphatic rings. The van der Waals surface area contributed by atoms with Crippen molar-refractivity contribution in [3.8, 4) is 11.5 Å². The van der Waals surface area contributed by atoms with Crippen LogP contribution in [-0.4, -0.2) is 0 Å². The molecule has 130 valence electrons. The van der Waals surface area contributed by atoms with E-state index in [2.05, 4.69) is 0 Å². The van der Waals surface area contributed by atoms with Crippen LogP contribution in [0.25, 0.3) is 33.0 Å². The molecule has 0 bridgehead atoms. The van der Waals surface area contributed by atoms with Gasteiger partial charge in [0.15, 0.2) is 0 Å². The van der Waals surface area contributed by atoms with Gasteiger partial charge in [-0.2, -0.15) is 0 Å². The van der Waals surface area contributed by atoms with Crippen molar-refractivity contribution in [1.29, 1.82) is 0 Å². The number of rotatable bonds is 2. The summed E-state index contributed by atoms with van der Waals surface area (Å²) in [6, 6.07) is 21.0. The van der Waals surface area contributed by atoms with Crippen molar-refractivity contribution in [2.45, 2.75) is 6.92 Å². The largest absolute Gasteiger partial charge is 0.699 e. The summed E-state index contributed by atoms with van der Waals surface area (Å²) >= 11 is 0. The van der Waals surface area contributed by atoms with Crippen molar-refractivity contribution in [3.63, 3.8) is 0 Å². The van der Waals surface area contributed by atoms with Gasteiger partial charge in [-0.05, 0) is 29.3 Å². The number of benzene rings is 4. The second kappa shape index (κ2) is 12.9. The third-order valence-electron chi connectivity index (χ3n) is 4.22. The van der Waals surface area contributed by atoms with Crippen LogP contribution in [0.3, 0.4) is 0 Å². The zero-order chi connectivity index (χ0) is 16.7. The molecule has 0 aliphatic heterocycles. The molecule has 0 aromatic heterocycles. The van der Waals surface area contributed by atoms with E-state index in [1.54, 1.807) is 12.1 Å². The van der Waals surface area contributed by atoms with E-state index < -0.39 is 0 Å². The molecule has 0 aliphatic carbocycles. The van der Waals surface area contributed by atoms with E-state index >= 15 is 0 Å². The van der Waals surface area contributed by atoms with Crippen LogP contribution in [0.2, 0.25) is 0 Å². The van der Waals surface area contributed by atoms with Gasteiger partial charge in [-0.15, -0.1) is 11.4 Å². The van der Waals surface area contributed by atoms with Crippen molar-refractivity contribution in [1.82, 2.24) is 0 Å². The first kappa shape index (κ1) is 29.2. The molecule has 4 aromatic rings. The maximum Gasteiger partial charge on any atom is 0.138 e. The molecule has 0 saturated heterocycles. The van der Waals surface area contributed by atoms with Gasteiger partial charge in [0.1, 0.15) is 11.5 Å². The number of ether oxygens (including phenoxy) is 1. The Bertz CT molecular complexity index is 1090. The molecule has 28 heavy (non-hydrogen) atoms. The van der Waals surface area contributed by atoms with E-state index in [-0.39, 0.29) is 131 Å². The predicted octanol–water partition coefficient (Wildman–Crippen LogP) is 7.45. The number of hydrogen-bond donors (Lipinski definition) is 0. The Morgan fingerprint density at radius 2 is 1.21 bits per heavy atom. The second-order valence-corrected chi connectivity index (χ2v) is 5.94. The number of hydrogen-bond acceptors (Lipinski definition) is 1. The van der Waals surface area contributed by atoms with Crippen molar-refractivity contribution in [3.05, 3.63) is 83.8 Å². The van der Waals surface area contributed by atoms with Gasteiger partial charge in [0, 0.05) is 142 Å². The summed E-state index contributed by atoms with van der Waals surface area (Å²) in [5.74, 6) is 1.59. The van der Waals surface area contributed by atoms with Crippen molar-refractivity contribution in [2.24, 2.45) is 0 Å². The van der Waals surface area contributed by atoms with Gasteiger partial charge in [-0.25, -0.2) is 0 Å². The molecule has 2 N–H and O–H groups in total. The summed E-state index contributed by atoms with van der Waals surface area (Å²) in [6.07, 6.45) is 0.